The Morgan fingerprint density at radius 3 is 2.45 bits per heavy atom. The Morgan fingerprint density at radius 1 is 1.21 bits per heavy atom. The molecule has 0 spiro atoms. The summed E-state index contributed by atoms with van der Waals surface area (Å²) < 4.78 is 5.17. The fourth-order valence-electron chi connectivity index (χ4n) is 3.25. The van der Waals surface area contributed by atoms with Gasteiger partial charge in [-0.05, 0) is 57.4 Å². The van der Waals surface area contributed by atoms with Crippen LogP contribution in [0.1, 0.15) is 42.7 Å². The van der Waals surface area contributed by atoms with Crippen molar-refractivity contribution < 1.29 is 14.3 Å². The molecule has 1 N–H and O–H groups in total. The number of hydrogen-bond acceptors (Lipinski definition) is 5. The first kappa shape index (κ1) is 21.9. The molecule has 1 aromatic carbocycles. The fourth-order valence-corrected chi connectivity index (χ4v) is 3.25. The number of nitrogens with one attached hydrogen (secondary N) is 1. The molecule has 0 saturated carbocycles. The van der Waals surface area contributed by atoms with Crippen LogP contribution in [0.2, 0.25) is 0 Å². The highest BCUT2D eigenvalue weighted by atomic mass is 16.5. The van der Waals surface area contributed by atoms with E-state index in [0.29, 0.717) is 17.7 Å². The molecule has 1 amide bonds. The molecular formula is C22H25N3O4. The molecule has 29 heavy (non-hydrogen) atoms. The van der Waals surface area contributed by atoms with Crippen molar-refractivity contribution in [1.29, 1.82) is 5.26 Å². The van der Waals surface area contributed by atoms with Crippen LogP contribution >= 0.6 is 0 Å². The summed E-state index contributed by atoms with van der Waals surface area (Å²) in [6.45, 7) is 6.84. The normalized spacial score (nSPS) is 10.5. The molecule has 0 fully saturated rings. The minimum atomic E-state index is -0.515. The standard InChI is InChI=1S/C22H25N3O4/c1-14(2)25(17-8-6-5-7-9-17)20(26)13-29-21(27)11-10-18-15(3)19(12-23)22(28)24-16(18)4/h5-9,14H,10-11,13H2,1-4H3,(H,24,28). The van der Waals surface area contributed by atoms with Crippen molar-refractivity contribution in [2.75, 3.05) is 11.5 Å². The first-order valence-electron chi connectivity index (χ1n) is 9.41. The lowest BCUT2D eigenvalue weighted by molar-refractivity contribution is -0.147. The highest BCUT2D eigenvalue weighted by molar-refractivity contribution is 5.95. The first-order chi connectivity index (χ1) is 13.8. The number of hydrogen-bond donors (Lipinski definition) is 1. The average molecular weight is 395 g/mol. The second-order valence-electron chi connectivity index (χ2n) is 7.02. The van der Waals surface area contributed by atoms with Gasteiger partial charge in [-0.25, -0.2) is 0 Å². The number of esters is 1. The predicted molar refractivity (Wildman–Crippen MR) is 110 cm³/mol. The Hall–Kier alpha value is -3.40. The average Bonchev–Trinajstić information content (AvgIpc) is 2.67. The quantitative estimate of drug-likeness (QED) is 0.726. The third-order valence-corrected chi connectivity index (χ3v) is 4.68. The molecule has 2 rings (SSSR count). The minimum absolute atomic E-state index is 0.0406. The molecule has 1 heterocycles. The molecule has 7 heteroatoms. The van der Waals surface area contributed by atoms with Crippen LogP contribution < -0.4 is 10.5 Å². The number of rotatable bonds is 7. The highest BCUT2D eigenvalue weighted by Crippen LogP contribution is 2.17. The summed E-state index contributed by atoms with van der Waals surface area (Å²) in [7, 11) is 0. The number of nitrogens with zero attached hydrogens (tertiary/aromatic N) is 2. The van der Waals surface area contributed by atoms with E-state index in [-0.39, 0.29) is 30.5 Å². The van der Waals surface area contributed by atoms with Crippen molar-refractivity contribution in [3.63, 3.8) is 0 Å². The van der Waals surface area contributed by atoms with Gasteiger partial charge in [0.2, 0.25) is 0 Å². The van der Waals surface area contributed by atoms with Crippen molar-refractivity contribution in [3.8, 4) is 6.07 Å². The van der Waals surface area contributed by atoms with Gasteiger partial charge >= 0.3 is 5.97 Å². The van der Waals surface area contributed by atoms with Gasteiger partial charge in [0.1, 0.15) is 11.6 Å². The molecule has 0 aliphatic heterocycles. The number of carbonyl (C=O) groups excluding carboxylic acids is 2. The summed E-state index contributed by atoms with van der Waals surface area (Å²) in [4.78, 5) is 40.7. The number of anilines is 1. The summed E-state index contributed by atoms with van der Waals surface area (Å²) in [5.41, 5.74) is 2.27. The van der Waals surface area contributed by atoms with Gasteiger partial charge in [0.15, 0.2) is 6.61 Å². The van der Waals surface area contributed by atoms with E-state index in [4.69, 9.17) is 10.00 Å². The summed E-state index contributed by atoms with van der Waals surface area (Å²) in [5, 5.41) is 9.12. The van der Waals surface area contributed by atoms with E-state index in [1.165, 1.54) is 0 Å². The molecule has 2 aromatic rings. The van der Waals surface area contributed by atoms with Crippen molar-refractivity contribution in [2.24, 2.45) is 0 Å². The summed E-state index contributed by atoms with van der Waals surface area (Å²) in [5.74, 6) is -0.818. The summed E-state index contributed by atoms with van der Waals surface area (Å²) in [6, 6.07) is 11.0. The lowest BCUT2D eigenvalue weighted by Gasteiger charge is -2.26. The molecule has 0 atom stereocenters. The Bertz CT molecular complexity index is 988. The number of aryl methyl sites for hydroxylation is 1. The van der Waals surface area contributed by atoms with E-state index in [2.05, 4.69) is 4.98 Å². The van der Waals surface area contributed by atoms with Crippen LogP contribution in [0.3, 0.4) is 0 Å². The van der Waals surface area contributed by atoms with Crippen LogP contribution in [0.4, 0.5) is 5.69 Å². The van der Waals surface area contributed by atoms with Crippen LogP contribution in [-0.4, -0.2) is 29.5 Å². The maximum Gasteiger partial charge on any atom is 0.306 e. The van der Waals surface area contributed by atoms with E-state index in [9.17, 15) is 14.4 Å². The molecule has 0 saturated heterocycles. The number of aromatic nitrogens is 1. The Morgan fingerprint density at radius 2 is 1.86 bits per heavy atom. The molecule has 7 nitrogen and oxygen atoms in total. The van der Waals surface area contributed by atoms with E-state index in [1.54, 1.807) is 18.7 Å². The molecule has 0 aliphatic rings. The van der Waals surface area contributed by atoms with Crippen LogP contribution in [-0.2, 0) is 20.7 Å². The fraction of sp³-hybridized carbons (Fsp3) is 0.364. The first-order valence-corrected chi connectivity index (χ1v) is 9.41. The van der Waals surface area contributed by atoms with Crippen LogP contribution in [0.5, 0.6) is 0 Å². The molecule has 1 aromatic heterocycles. The number of amides is 1. The van der Waals surface area contributed by atoms with Gasteiger partial charge in [-0.2, -0.15) is 5.26 Å². The number of nitriles is 1. The minimum Gasteiger partial charge on any atom is -0.456 e. The third-order valence-electron chi connectivity index (χ3n) is 4.68. The summed E-state index contributed by atoms with van der Waals surface area (Å²) in [6.07, 6.45) is 0.349. The molecular weight excluding hydrogens is 370 g/mol. The Balaban J connectivity index is 1.99. The monoisotopic (exact) mass is 395 g/mol. The van der Waals surface area contributed by atoms with Crippen molar-refractivity contribution in [1.82, 2.24) is 4.98 Å². The van der Waals surface area contributed by atoms with E-state index in [0.717, 1.165) is 11.3 Å². The highest BCUT2D eigenvalue weighted by Gasteiger charge is 2.20. The number of H-pyrrole nitrogens is 1. The van der Waals surface area contributed by atoms with E-state index >= 15 is 0 Å². The van der Waals surface area contributed by atoms with Gasteiger partial charge in [0, 0.05) is 23.8 Å². The van der Waals surface area contributed by atoms with Crippen molar-refractivity contribution in [2.45, 2.75) is 46.6 Å². The smallest absolute Gasteiger partial charge is 0.306 e. The zero-order valence-corrected chi connectivity index (χ0v) is 17.1. The third kappa shape index (κ3) is 5.32. The maximum absolute atomic E-state index is 12.6. The number of carbonyl (C=O) groups is 2. The van der Waals surface area contributed by atoms with Crippen LogP contribution in [0, 0.1) is 25.2 Å². The maximum atomic E-state index is 12.6. The van der Waals surface area contributed by atoms with Crippen LogP contribution in [0.25, 0.3) is 0 Å². The zero-order chi connectivity index (χ0) is 21.6. The number of para-hydroxylation sites is 1. The second kappa shape index (κ2) is 9.69. The lowest BCUT2D eigenvalue weighted by Crippen LogP contribution is -2.39. The molecule has 152 valence electrons. The van der Waals surface area contributed by atoms with Gasteiger partial charge in [-0.15, -0.1) is 0 Å². The van der Waals surface area contributed by atoms with Gasteiger partial charge < -0.3 is 14.6 Å². The Kier molecular flexibility index (Phi) is 7.32. The van der Waals surface area contributed by atoms with Crippen LogP contribution in [0.15, 0.2) is 35.1 Å². The summed E-state index contributed by atoms with van der Waals surface area (Å²) >= 11 is 0. The molecule has 0 bridgehead atoms. The number of benzene rings is 1. The largest absolute Gasteiger partial charge is 0.456 e. The second-order valence-corrected chi connectivity index (χ2v) is 7.02. The van der Waals surface area contributed by atoms with Crippen molar-refractivity contribution in [3.05, 3.63) is 63.1 Å². The van der Waals surface area contributed by atoms with Gasteiger partial charge in [0.25, 0.3) is 11.5 Å². The van der Waals surface area contributed by atoms with Gasteiger partial charge in [0.05, 0.1) is 0 Å². The number of ether oxygens (including phenoxy) is 1. The van der Waals surface area contributed by atoms with Gasteiger partial charge in [-0.1, -0.05) is 18.2 Å². The molecule has 0 aliphatic carbocycles. The Labute approximate surface area is 169 Å². The SMILES string of the molecule is Cc1[nH]c(=O)c(C#N)c(C)c1CCC(=O)OCC(=O)N(c1ccccc1)C(C)C. The van der Waals surface area contributed by atoms with Crippen molar-refractivity contribution >= 4 is 17.6 Å². The van der Waals surface area contributed by atoms with Gasteiger partial charge in [-0.3, -0.25) is 14.4 Å². The lowest BCUT2D eigenvalue weighted by atomic mass is 9.99. The zero-order valence-electron chi connectivity index (χ0n) is 17.1. The predicted octanol–water partition coefficient (Wildman–Crippen LogP) is 2.78. The topological polar surface area (TPSA) is 103 Å². The number of aromatic amines is 1. The van der Waals surface area contributed by atoms with E-state index in [1.807, 2.05) is 50.2 Å². The molecule has 0 unspecified atom stereocenters. The number of pyridine rings is 1. The molecule has 0 radical (unpaired) electrons. The van der Waals surface area contributed by atoms with E-state index < -0.39 is 11.5 Å².